The van der Waals surface area contributed by atoms with Crippen molar-refractivity contribution in [2.75, 3.05) is 30.9 Å². The lowest BCUT2D eigenvalue weighted by molar-refractivity contribution is 0.526. The third-order valence-corrected chi connectivity index (χ3v) is 3.09. The maximum atomic E-state index is 4.34. The fraction of sp³-hybridized carbons (Fsp3) is 0.714. The number of nitrogens with zero attached hydrogens (tertiary/aromatic N) is 3. The second-order valence-electron chi connectivity index (χ2n) is 6.53. The van der Waals surface area contributed by atoms with Gasteiger partial charge in [0.2, 0.25) is 0 Å². The SMILES string of the molecule is CNCC(C)(C)Nc1cc(N(C)C(C)(C)C)ncn1. The van der Waals surface area contributed by atoms with E-state index in [1.807, 2.05) is 20.2 Å². The standard InChI is InChI=1S/C14H27N5/c1-13(2,3)19(7)12-8-11(16-10-17-12)18-14(4,5)9-15-6/h8,10,15H,9H2,1-7H3,(H,16,17,18). The molecule has 19 heavy (non-hydrogen) atoms. The molecule has 5 heteroatoms. The zero-order valence-corrected chi connectivity index (χ0v) is 13.2. The van der Waals surface area contributed by atoms with Crippen molar-refractivity contribution in [1.82, 2.24) is 15.3 Å². The molecule has 0 aliphatic carbocycles. The molecule has 5 nitrogen and oxygen atoms in total. The molecule has 0 aliphatic heterocycles. The molecule has 0 spiro atoms. The molecule has 0 fully saturated rings. The lowest BCUT2D eigenvalue weighted by Crippen LogP contribution is -2.41. The lowest BCUT2D eigenvalue weighted by atomic mass is 10.1. The van der Waals surface area contributed by atoms with E-state index in [1.165, 1.54) is 0 Å². The van der Waals surface area contributed by atoms with E-state index in [0.29, 0.717) is 0 Å². The van der Waals surface area contributed by atoms with E-state index in [0.717, 1.165) is 18.2 Å². The molecular formula is C14H27N5. The van der Waals surface area contributed by atoms with Crippen LogP contribution in [0.15, 0.2) is 12.4 Å². The number of nitrogens with one attached hydrogen (secondary N) is 2. The smallest absolute Gasteiger partial charge is 0.134 e. The highest BCUT2D eigenvalue weighted by Crippen LogP contribution is 2.22. The second-order valence-corrected chi connectivity index (χ2v) is 6.53. The average molecular weight is 265 g/mol. The van der Waals surface area contributed by atoms with Gasteiger partial charge >= 0.3 is 0 Å². The maximum Gasteiger partial charge on any atom is 0.134 e. The number of hydrogen-bond acceptors (Lipinski definition) is 5. The van der Waals surface area contributed by atoms with Gasteiger partial charge in [0.25, 0.3) is 0 Å². The first-order valence-corrected chi connectivity index (χ1v) is 6.64. The van der Waals surface area contributed by atoms with E-state index >= 15 is 0 Å². The molecule has 1 aromatic rings. The monoisotopic (exact) mass is 265 g/mol. The average Bonchev–Trinajstić information content (AvgIpc) is 2.26. The Balaban J connectivity index is 2.89. The molecule has 108 valence electrons. The molecule has 0 amide bonds. The molecule has 0 unspecified atom stereocenters. The van der Waals surface area contributed by atoms with E-state index in [1.54, 1.807) is 6.33 Å². The van der Waals surface area contributed by atoms with Crippen molar-refractivity contribution < 1.29 is 0 Å². The Morgan fingerprint density at radius 3 is 2.32 bits per heavy atom. The predicted octanol–water partition coefficient (Wildman–Crippen LogP) is 2.12. The van der Waals surface area contributed by atoms with Crippen molar-refractivity contribution in [2.45, 2.75) is 45.7 Å². The maximum absolute atomic E-state index is 4.34. The van der Waals surface area contributed by atoms with Crippen molar-refractivity contribution >= 4 is 11.6 Å². The van der Waals surface area contributed by atoms with Crippen LogP contribution in [0.2, 0.25) is 0 Å². The van der Waals surface area contributed by atoms with Crippen LogP contribution in [-0.4, -0.2) is 41.7 Å². The summed E-state index contributed by atoms with van der Waals surface area (Å²) in [4.78, 5) is 10.8. The first-order valence-electron chi connectivity index (χ1n) is 6.64. The third kappa shape index (κ3) is 4.67. The van der Waals surface area contributed by atoms with Gasteiger partial charge < -0.3 is 15.5 Å². The minimum atomic E-state index is -0.0549. The van der Waals surface area contributed by atoms with Crippen molar-refractivity contribution in [3.05, 3.63) is 12.4 Å². The molecule has 2 N–H and O–H groups in total. The van der Waals surface area contributed by atoms with Gasteiger partial charge in [0.15, 0.2) is 0 Å². The number of rotatable bonds is 5. The summed E-state index contributed by atoms with van der Waals surface area (Å²) in [6, 6.07) is 1.99. The Hall–Kier alpha value is -1.36. The van der Waals surface area contributed by atoms with Crippen LogP contribution in [0.5, 0.6) is 0 Å². The minimum Gasteiger partial charge on any atom is -0.364 e. The summed E-state index contributed by atoms with van der Waals surface area (Å²) in [7, 11) is 3.99. The summed E-state index contributed by atoms with van der Waals surface area (Å²) >= 11 is 0. The van der Waals surface area contributed by atoms with Gasteiger partial charge in [-0.05, 0) is 41.7 Å². The van der Waals surface area contributed by atoms with Gasteiger partial charge in [0.1, 0.15) is 18.0 Å². The van der Waals surface area contributed by atoms with Gasteiger partial charge in [-0.1, -0.05) is 0 Å². The molecule has 1 rings (SSSR count). The quantitative estimate of drug-likeness (QED) is 0.854. The normalized spacial score (nSPS) is 12.4. The highest BCUT2D eigenvalue weighted by Gasteiger charge is 2.21. The molecule has 0 aliphatic rings. The third-order valence-electron chi connectivity index (χ3n) is 3.09. The largest absolute Gasteiger partial charge is 0.364 e. The van der Waals surface area contributed by atoms with Crippen molar-refractivity contribution in [3.63, 3.8) is 0 Å². The van der Waals surface area contributed by atoms with Crippen molar-refractivity contribution in [1.29, 1.82) is 0 Å². The van der Waals surface area contributed by atoms with Crippen LogP contribution in [0.1, 0.15) is 34.6 Å². The number of likely N-dealkylation sites (N-methyl/N-ethyl adjacent to an activating group) is 1. The van der Waals surface area contributed by atoms with E-state index in [-0.39, 0.29) is 11.1 Å². The number of hydrogen-bond donors (Lipinski definition) is 2. The van der Waals surface area contributed by atoms with Crippen LogP contribution in [0, 0.1) is 0 Å². The molecule has 0 saturated carbocycles. The number of aromatic nitrogens is 2. The molecular weight excluding hydrogens is 238 g/mol. The molecule has 0 saturated heterocycles. The van der Waals surface area contributed by atoms with Gasteiger partial charge in [0, 0.05) is 30.7 Å². The molecule has 1 aromatic heterocycles. The highest BCUT2D eigenvalue weighted by atomic mass is 15.2. The topological polar surface area (TPSA) is 53.1 Å². The van der Waals surface area contributed by atoms with Gasteiger partial charge in [0.05, 0.1) is 0 Å². The molecule has 1 heterocycles. The Kier molecular flexibility index (Phi) is 4.74. The Bertz CT molecular complexity index is 409. The zero-order chi connectivity index (χ0) is 14.7. The minimum absolute atomic E-state index is 0.0338. The van der Waals surface area contributed by atoms with Crippen molar-refractivity contribution in [3.8, 4) is 0 Å². The van der Waals surface area contributed by atoms with Gasteiger partial charge in [-0.3, -0.25) is 0 Å². The summed E-state index contributed by atoms with van der Waals surface area (Å²) < 4.78 is 0. The molecule has 0 bridgehead atoms. The summed E-state index contributed by atoms with van der Waals surface area (Å²) in [5.74, 6) is 1.77. The van der Waals surface area contributed by atoms with Crippen LogP contribution < -0.4 is 15.5 Å². The molecule has 0 aromatic carbocycles. The van der Waals surface area contributed by atoms with Crippen LogP contribution >= 0.6 is 0 Å². The summed E-state index contributed by atoms with van der Waals surface area (Å²) in [6.45, 7) is 11.6. The fourth-order valence-electron chi connectivity index (χ4n) is 1.78. The van der Waals surface area contributed by atoms with Crippen LogP contribution in [-0.2, 0) is 0 Å². The second kappa shape index (κ2) is 5.74. The predicted molar refractivity (Wildman–Crippen MR) is 81.8 cm³/mol. The lowest BCUT2D eigenvalue weighted by Gasteiger charge is -2.33. The fourth-order valence-corrected chi connectivity index (χ4v) is 1.78. The Morgan fingerprint density at radius 2 is 1.79 bits per heavy atom. The zero-order valence-electron chi connectivity index (χ0n) is 13.2. The first-order chi connectivity index (χ1) is 8.65. The highest BCUT2D eigenvalue weighted by molar-refractivity contribution is 5.50. The van der Waals surface area contributed by atoms with Crippen LogP contribution in [0.25, 0.3) is 0 Å². The summed E-state index contributed by atoms with van der Waals surface area (Å²) in [6.07, 6.45) is 1.61. The van der Waals surface area contributed by atoms with Gasteiger partial charge in [-0.25, -0.2) is 9.97 Å². The molecule has 0 atom stereocenters. The van der Waals surface area contributed by atoms with Crippen LogP contribution in [0.4, 0.5) is 11.6 Å². The Labute approximate surface area is 116 Å². The van der Waals surface area contributed by atoms with E-state index < -0.39 is 0 Å². The molecule has 0 radical (unpaired) electrons. The Morgan fingerprint density at radius 1 is 1.16 bits per heavy atom. The first kappa shape index (κ1) is 15.7. The van der Waals surface area contributed by atoms with E-state index in [9.17, 15) is 0 Å². The van der Waals surface area contributed by atoms with E-state index in [2.05, 4.69) is 60.1 Å². The summed E-state index contributed by atoms with van der Waals surface area (Å²) in [5.41, 5.74) is -0.0210. The van der Waals surface area contributed by atoms with Crippen LogP contribution in [0.3, 0.4) is 0 Å². The van der Waals surface area contributed by atoms with Gasteiger partial charge in [-0.15, -0.1) is 0 Å². The summed E-state index contributed by atoms with van der Waals surface area (Å²) in [5, 5.41) is 6.60. The van der Waals surface area contributed by atoms with Gasteiger partial charge in [-0.2, -0.15) is 0 Å². The van der Waals surface area contributed by atoms with Crippen molar-refractivity contribution in [2.24, 2.45) is 0 Å². The number of anilines is 2. The van der Waals surface area contributed by atoms with E-state index in [4.69, 9.17) is 0 Å².